The molecule has 0 spiro atoms. The van der Waals surface area contributed by atoms with E-state index < -0.39 is 0 Å². The predicted octanol–water partition coefficient (Wildman–Crippen LogP) is 2.53. The molecule has 0 aliphatic heterocycles. The zero-order valence-electron chi connectivity index (χ0n) is 11.9. The predicted molar refractivity (Wildman–Crippen MR) is 75.1 cm³/mol. The maximum Gasteiger partial charge on any atom is 0.255 e. The maximum atomic E-state index is 12.3. The number of furan rings is 1. The third kappa shape index (κ3) is 3.38. The summed E-state index contributed by atoms with van der Waals surface area (Å²) in [5.74, 6) is 1.91. The Hall–Kier alpha value is -1.29. The molecule has 19 heavy (non-hydrogen) atoms. The minimum absolute atomic E-state index is 0.0598. The minimum atomic E-state index is -0.0598. The highest BCUT2D eigenvalue weighted by molar-refractivity contribution is 5.95. The molecule has 1 fully saturated rings. The van der Waals surface area contributed by atoms with Gasteiger partial charge in [-0.2, -0.15) is 0 Å². The van der Waals surface area contributed by atoms with Crippen LogP contribution in [0.2, 0.25) is 0 Å². The Balaban J connectivity index is 2.01. The van der Waals surface area contributed by atoms with Crippen LogP contribution in [0, 0.1) is 19.8 Å². The third-order valence-electron chi connectivity index (χ3n) is 4.07. The molecule has 4 heteroatoms. The Bertz CT molecular complexity index is 433. The van der Waals surface area contributed by atoms with Gasteiger partial charge in [0.05, 0.1) is 5.56 Å². The van der Waals surface area contributed by atoms with Gasteiger partial charge in [0.2, 0.25) is 0 Å². The fourth-order valence-electron chi connectivity index (χ4n) is 3.01. The molecule has 1 aliphatic rings. The van der Waals surface area contributed by atoms with E-state index in [1.807, 2.05) is 13.8 Å². The molecule has 0 saturated heterocycles. The number of nitrogens with one attached hydrogen (secondary N) is 1. The monoisotopic (exact) mass is 264 g/mol. The molecular formula is C15H24N2O2. The Morgan fingerprint density at radius 1 is 1.42 bits per heavy atom. The SMILES string of the molecule is Cc1cc(C(=O)NC(CN)C2CCCCC2)c(C)o1. The van der Waals surface area contributed by atoms with Crippen molar-refractivity contribution >= 4 is 5.91 Å². The molecule has 1 aromatic rings. The van der Waals surface area contributed by atoms with Gasteiger partial charge in [-0.25, -0.2) is 0 Å². The molecular weight excluding hydrogens is 240 g/mol. The van der Waals surface area contributed by atoms with E-state index in [1.54, 1.807) is 6.07 Å². The fraction of sp³-hybridized carbons (Fsp3) is 0.667. The average Bonchev–Trinajstić information content (AvgIpc) is 2.76. The number of nitrogens with two attached hydrogens (primary N) is 1. The molecule has 1 saturated carbocycles. The van der Waals surface area contributed by atoms with Gasteiger partial charge >= 0.3 is 0 Å². The van der Waals surface area contributed by atoms with E-state index in [0.717, 1.165) is 5.76 Å². The van der Waals surface area contributed by atoms with Crippen LogP contribution in [0.1, 0.15) is 54.0 Å². The molecule has 1 aromatic heterocycles. The van der Waals surface area contributed by atoms with E-state index in [0.29, 0.717) is 23.8 Å². The van der Waals surface area contributed by atoms with Crippen molar-refractivity contribution < 1.29 is 9.21 Å². The Kier molecular flexibility index (Phi) is 4.64. The van der Waals surface area contributed by atoms with Crippen LogP contribution in [-0.4, -0.2) is 18.5 Å². The smallest absolute Gasteiger partial charge is 0.255 e. The molecule has 4 nitrogen and oxygen atoms in total. The second kappa shape index (κ2) is 6.24. The van der Waals surface area contributed by atoms with Gasteiger partial charge in [-0.1, -0.05) is 19.3 Å². The van der Waals surface area contributed by atoms with Crippen LogP contribution in [0.3, 0.4) is 0 Å². The van der Waals surface area contributed by atoms with Crippen molar-refractivity contribution in [2.75, 3.05) is 6.54 Å². The van der Waals surface area contributed by atoms with Gasteiger partial charge in [0.15, 0.2) is 0 Å². The minimum Gasteiger partial charge on any atom is -0.466 e. The van der Waals surface area contributed by atoms with Gasteiger partial charge in [0.1, 0.15) is 11.5 Å². The molecule has 0 radical (unpaired) electrons. The molecule has 0 bridgehead atoms. The third-order valence-corrected chi connectivity index (χ3v) is 4.07. The summed E-state index contributed by atoms with van der Waals surface area (Å²) in [6.07, 6.45) is 6.15. The number of rotatable bonds is 4. The van der Waals surface area contributed by atoms with Crippen molar-refractivity contribution in [3.05, 3.63) is 23.2 Å². The summed E-state index contributed by atoms with van der Waals surface area (Å²) in [6, 6.07) is 1.88. The van der Waals surface area contributed by atoms with Gasteiger partial charge in [-0.05, 0) is 38.7 Å². The first-order valence-corrected chi connectivity index (χ1v) is 7.19. The maximum absolute atomic E-state index is 12.3. The van der Waals surface area contributed by atoms with E-state index >= 15 is 0 Å². The van der Waals surface area contributed by atoms with Gasteiger partial charge in [-0.15, -0.1) is 0 Å². The number of hydrogen-bond donors (Lipinski definition) is 2. The second-order valence-electron chi connectivity index (χ2n) is 5.54. The molecule has 0 aromatic carbocycles. The van der Waals surface area contributed by atoms with E-state index in [2.05, 4.69) is 5.32 Å². The van der Waals surface area contributed by atoms with E-state index in [9.17, 15) is 4.79 Å². The van der Waals surface area contributed by atoms with Crippen LogP contribution >= 0.6 is 0 Å². The lowest BCUT2D eigenvalue weighted by Gasteiger charge is -2.30. The first-order chi connectivity index (χ1) is 9.11. The van der Waals surface area contributed by atoms with E-state index in [4.69, 9.17) is 10.2 Å². The van der Waals surface area contributed by atoms with Crippen LogP contribution in [0.4, 0.5) is 0 Å². The summed E-state index contributed by atoms with van der Waals surface area (Å²) in [5.41, 5.74) is 6.47. The van der Waals surface area contributed by atoms with E-state index in [-0.39, 0.29) is 11.9 Å². The Morgan fingerprint density at radius 3 is 2.63 bits per heavy atom. The number of amides is 1. The summed E-state index contributed by atoms with van der Waals surface area (Å²) in [5, 5.41) is 3.08. The highest BCUT2D eigenvalue weighted by Crippen LogP contribution is 2.26. The number of aryl methyl sites for hydroxylation is 2. The van der Waals surface area contributed by atoms with Crippen molar-refractivity contribution in [1.82, 2.24) is 5.32 Å². The van der Waals surface area contributed by atoms with Crippen LogP contribution in [0.15, 0.2) is 10.5 Å². The summed E-state index contributed by atoms with van der Waals surface area (Å²) < 4.78 is 5.40. The van der Waals surface area contributed by atoms with Gasteiger partial charge in [0.25, 0.3) is 5.91 Å². The molecule has 1 atom stereocenters. The first kappa shape index (κ1) is 14.1. The summed E-state index contributed by atoms with van der Waals surface area (Å²) in [6.45, 7) is 4.18. The highest BCUT2D eigenvalue weighted by atomic mass is 16.3. The van der Waals surface area contributed by atoms with Crippen LogP contribution in [0.25, 0.3) is 0 Å². The molecule has 1 heterocycles. The molecule has 2 rings (SSSR count). The average molecular weight is 264 g/mol. The Morgan fingerprint density at radius 2 is 2.11 bits per heavy atom. The van der Waals surface area contributed by atoms with Crippen molar-refractivity contribution in [3.63, 3.8) is 0 Å². The van der Waals surface area contributed by atoms with Crippen molar-refractivity contribution in [2.24, 2.45) is 11.7 Å². The lowest BCUT2D eigenvalue weighted by molar-refractivity contribution is 0.0914. The lowest BCUT2D eigenvalue weighted by atomic mass is 9.84. The zero-order chi connectivity index (χ0) is 13.8. The summed E-state index contributed by atoms with van der Waals surface area (Å²) >= 11 is 0. The second-order valence-corrected chi connectivity index (χ2v) is 5.54. The van der Waals surface area contributed by atoms with Gasteiger partial charge in [0, 0.05) is 12.6 Å². The van der Waals surface area contributed by atoms with Crippen molar-refractivity contribution in [1.29, 1.82) is 0 Å². The molecule has 106 valence electrons. The van der Waals surface area contributed by atoms with Gasteiger partial charge in [-0.3, -0.25) is 4.79 Å². The molecule has 3 N–H and O–H groups in total. The Labute approximate surface area is 114 Å². The largest absolute Gasteiger partial charge is 0.466 e. The highest BCUT2D eigenvalue weighted by Gasteiger charge is 2.25. The lowest BCUT2D eigenvalue weighted by Crippen LogP contribution is -2.46. The summed E-state index contributed by atoms with van der Waals surface area (Å²) in [7, 11) is 0. The number of carbonyl (C=O) groups excluding carboxylic acids is 1. The van der Waals surface area contributed by atoms with Crippen molar-refractivity contribution in [3.8, 4) is 0 Å². The normalized spacial score (nSPS) is 18.3. The topological polar surface area (TPSA) is 68.3 Å². The number of carbonyl (C=O) groups is 1. The standard InChI is InChI=1S/C15H24N2O2/c1-10-8-13(11(2)19-10)15(18)17-14(9-16)12-6-4-3-5-7-12/h8,12,14H,3-7,9,16H2,1-2H3,(H,17,18). The first-order valence-electron chi connectivity index (χ1n) is 7.19. The van der Waals surface area contributed by atoms with Crippen LogP contribution in [-0.2, 0) is 0 Å². The molecule has 1 aliphatic carbocycles. The van der Waals surface area contributed by atoms with E-state index in [1.165, 1.54) is 32.1 Å². The quantitative estimate of drug-likeness (QED) is 0.878. The van der Waals surface area contributed by atoms with Crippen molar-refractivity contribution in [2.45, 2.75) is 52.0 Å². The number of hydrogen-bond acceptors (Lipinski definition) is 3. The van der Waals surface area contributed by atoms with Gasteiger partial charge < -0.3 is 15.5 Å². The zero-order valence-corrected chi connectivity index (χ0v) is 11.9. The van der Waals surface area contributed by atoms with Crippen LogP contribution < -0.4 is 11.1 Å². The van der Waals surface area contributed by atoms with Crippen LogP contribution in [0.5, 0.6) is 0 Å². The molecule has 1 amide bonds. The fourth-order valence-corrected chi connectivity index (χ4v) is 3.01. The molecule has 1 unspecified atom stereocenters. The summed E-state index contributed by atoms with van der Waals surface area (Å²) in [4.78, 5) is 12.3.